The van der Waals surface area contributed by atoms with E-state index in [2.05, 4.69) is 0 Å². The molecule has 2 amide bonds. The maximum absolute atomic E-state index is 12.4. The lowest BCUT2D eigenvalue weighted by Gasteiger charge is -2.28. The Morgan fingerprint density at radius 1 is 1.05 bits per heavy atom. The first kappa shape index (κ1) is 13.6. The highest BCUT2D eigenvalue weighted by atomic mass is 16.4. The Kier molecular flexibility index (Phi) is 3.30. The van der Waals surface area contributed by atoms with Crippen molar-refractivity contribution in [3.63, 3.8) is 0 Å². The zero-order valence-corrected chi connectivity index (χ0v) is 11.6. The summed E-state index contributed by atoms with van der Waals surface area (Å²) in [6.07, 6.45) is 6.46. The van der Waals surface area contributed by atoms with Crippen LogP contribution in [0.25, 0.3) is 0 Å². The Morgan fingerprint density at radius 3 is 2.00 bits per heavy atom. The molecule has 2 aliphatic carbocycles. The number of carboxylic acids is 1. The van der Waals surface area contributed by atoms with E-state index >= 15 is 0 Å². The molecule has 5 heteroatoms. The third kappa shape index (κ3) is 1.95. The van der Waals surface area contributed by atoms with Crippen molar-refractivity contribution >= 4 is 17.8 Å². The highest BCUT2D eigenvalue weighted by Gasteiger charge is 2.52. The normalized spacial score (nSPS) is 32.5. The van der Waals surface area contributed by atoms with E-state index in [0.29, 0.717) is 12.8 Å². The molecule has 1 N–H and O–H groups in total. The number of rotatable bonds is 3. The fourth-order valence-corrected chi connectivity index (χ4v) is 4.18. The number of likely N-dealkylation sites (tertiary alicyclic amines) is 1. The van der Waals surface area contributed by atoms with E-state index in [0.717, 1.165) is 38.5 Å². The van der Waals surface area contributed by atoms with E-state index in [9.17, 15) is 19.5 Å². The number of fused-ring (bicyclic) bond motifs is 1. The quantitative estimate of drug-likeness (QED) is 0.799. The molecular formula is C15H21NO4. The van der Waals surface area contributed by atoms with Gasteiger partial charge in [0, 0.05) is 6.54 Å². The van der Waals surface area contributed by atoms with Crippen molar-refractivity contribution < 1.29 is 19.5 Å². The second kappa shape index (κ2) is 4.86. The molecule has 1 aliphatic heterocycles. The van der Waals surface area contributed by atoms with Crippen molar-refractivity contribution in [1.29, 1.82) is 0 Å². The number of aliphatic carboxylic acids is 1. The zero-order valence-electron chi connectivity index (χ0n) is 11.6. The molecule has 0 aromatic rings. The van der Waals surface area contributed by atoms with Gasteiger partial charge in [-0.15, -0.1) is 0 Å². The Morgan fingerprint density at radius 2 is 1.55 bits per heavy atom. The van der Waals surface area contributed by atoms with Gasteiger partial charge in [-0.2, -0.15) is 0 Å². The van der Waals surface area contributed by atoms with Crippen molar-refractivity contribution in [1.82, 2.24) is 4.90 Å². The van der Waals surface area contributed by atoms with E-state index in [1.54, 1.807) is 0 Å². The van der Waals surface area contributed by atoms with Gasteiger partial charge < -0.3 is 5.11 Å². The van der Waals surface area contributed by atoms with Crippen LogP contribution >= 0.6 is 0 Å². The van der Waals surface area contributed by atoms with Gasteiger partial charge in [0.15, 0.2) is 0 Å². The summed E-state index contributed by atoms with van der Waals surface area (Å²) in [6, 6.07) is 0. The third-order valence-electron chi connectivity index (χ3n) is 5.41. The van der Waals surface area contributed by atoms with Crippen LogP contribution in [-0.4, -0.2) is 34.3 Å². The van der Waals surface area contributed by atoms with Crippen LogP contribution in [0.2, 0.25) is 0 Å². The van der Waals surface area contributed by atoms with E-state index in [-0.39, 0.29) is 30.2 Å². The van der Waals surface area contributed by atoms with Gasteiger partial charge in [0.2, 0.25) is 11.8 Å². The monoisotopic (exact) mass is 279 g/mol. The first-order valence-corrected chi connectivity index (χ1v) is 7.64. The van der Waals surface area contributed by atoms with Gasteiger partial charge in [-0.3, -0.25) is 19.3 Å². The molecule has 3 aliphatic rings. The van der Waals surface area contributed by atoms with Crippen LogP contribution in [-0.2, 0) is 14.4 Å². The first-order valence-electron chi connectivity index (χ1n) is 7.64. The molecule has 2 atom stereocenters. The molecule has 20 heavy (non-hydrogen) atoms. The largest absolute Gasteiger partial charge is 0.481 e. The lowest BCUT2D eigenvalue weighted by Crippen LogP contribution is -2.44. The summed E-state index contributed by atoms with van der Waals surface area (Å²) in [5.41, 5.74) is -0.890. The van der Waals surface area contributed by atoms with Crippen LogP contribution in [0.5, 0.6) is 0 Å². The molecule has 3 rings (SSSR count). The van der Waals surface area contributed by atoms with Gasteiger partial charge in [0.05, 0.1) is 17.3 Å². The highest BCUT2D eigenvalue weighted by Crippen LogP contribution is 2.43. The molecule has 0 spiro atoms. The van der Waals surface area contributed by atoms with Gasteiger partial charge in [-0.1, -0.05) is 25.7 Å². The summed E-state index contributed by atoms with van der Waals surface area (Å²) in [6.45, 7) is 0.0903. The molecular weight excluding hydrogens is 258 g/mol. The number of hydrogen-bond donors (Lipinski definition) is 1. The summed E-state index contributed by atoms with van der Waals surface area (Å²) >= 11 is 0. The summed E-state index contributed by atoms with van der Waals surface area (Å²) in [5, 5.41) is 9.51. The molecule has 110 valence electrons. The minimum Gasteiger partial charge on any atom is -0.481 e. The second-order valence-electron chi connectivity index (χ2n) is 6.55. The fourth-order valence-electron chi connectivity index (χ4n) is 4.18. The molecule has 1 heterocycles. The summed E-state index contributed by atoms with van der Waals surface area (Å²) in [4.78, 5) is 37.7. The SMILES string of the molecule is O=C1C2CCCCC2C(=O)N1CC1(C(=O)O)CCCC1. The minimum absolute atomic E-state index is 0.0903. The number of hydrogen-bond acceptors (Lipinski definition) is 3. The molecule has 2 unspecified atom stereocenters. The number of imide groups is 1. The van der Waals surface area contributed by atoms with Crippen LogP contribution in [0.4, 0.5) is 0 Å². The van der Waals surface area contributed by atoms with Gasteiger partial charge >= 0.3 is 5.97 Å². The number of nitrogens with zero attached hydrogens (tertiary/aromatic N) is 1. The number of carbonyl (C=O) groups is 3. The summed E-state index contributed by atoms with van der Waals surface area (Å²) < 4.78 is 0. The highest BCUT2D eigenvalue weighted by molar-refractivity contribution is 6.05. The minimum atomic E-state index is -0.890. The van der Waals surface area contributed by atoms with E-state index in [1.165, 1.54) is 4.90 Å². The van der Waals surface area contributed by atoms with Gasteiger partial charge in [-0.25, -0.2) is 0 Å². The Labute approximate surface area is 118 Å². The predicted octanol–water partition coefficient (Wildman–Crippen LogP) is 1.81. The molecule has 3 fully saturated rings. The molecule has 0 aromatic heterocycles. The Balaban J connectivity index is 1.81. The van der Waals surface area contributed by atoms with Crippen molar-refractivity contribution in [2.45, 2.75) is 51.4 Å². The standard InChI is InChI=1S/C15H21NO4/c17-12-10-5-1-2-6-11(10)13(18)16(12)9-15(14(19)20)7-3-4-8-15/h10-11H,1-9H2,(H,19,20). The number of amides is 2. The fraction of sp³-hybridized carbons (Fsp3) is 0.800. The maximum atomic E-state index is 12.4. The molecule has 1 saturated heterocycles. The van der Waals surface area contributed by atoms with E-state index in [1.807, 2.05) is 0 Å². The Hall–Kier alpha value is -1.39. The van der Waals surface area contributed by atoms with Crippen LogP contribution in [0.1, 0.15) is 51.4 Å². The number of carboxylic acid groups (broad SMARTS) is 1. The molecule has 5 nitrogen and oxygen atoms in total. The Bertz CT molecular complexity index is 429. The van der Waals surface area contributed by atoms with E-state index < -0.39 is 11.4 Å². The van der Waals surface area contributed by atoms with Crippen LogP contribution in [0.15, 0.2) is 0 Å². The van der Waals surface area contributed by atoms with Gasteiger partial charge in [-0.05, 0) is 25.7 Å². The van der Waals surface area contributed by atoms with Crippen molar-refractivity contribution in [3.05, 3.63) is 0 Å². The van der Waals surface area contributed by atoms with Gasteiger partial charge in [0.1, 0.15) is 0 Å². The van der Waals surface area contributed by atoms with Crippen LogP contribution < -0.4 is 0 Å². The maximum Gasteiger partial charge on any atom is 0.311 e. The van der Waals surface area contributed by atoms with E-state index in [4.69, 9.17) is 0 Å². The zero-order chi connectivity index (χ0) is 14.3. The van der Waals surface area contributed by atoms with Crippen molar-refractivity contribution in [2.24, 2.45) is 17.3 Å². The molecule has 2 saturated carbocycles. The molecule has 0 aromatic carbocycles. The average molecular weight is 279 g/mol. The first-order chi connectivity index (χ1) is 9.55. The molecule has 0 radical (unpaired) electrons. The van der Waals surface area contributed by atoms with Crippen LogP contribution in [0.3, 0.4) is 0 Å². The summed E-state index contributed by atoms with van der Waals surface area (Å²) in [7, 11) is 0. The predicted molar refractivity (Wildman–Crippen MR) is 70.7 cm³/mol. The second-order valence-corrected chi connectivity index (χ2v) is 6.55. The number of carbonyl (C=O) groups excluding carboxylic acids is 2. The molecule has 0 bridgehead atoms. The van der Waals surface area contributed by atoms with Crippen LogP contribution in [0, 0.1) is 17.3 Å². The topological polar surface area (TPSA) is 74.7 Å². The smallest absolute Gasteiger partial charge is 0.311 e. The lowest BCUT2D eigenvalue weighted by atomic mass is 9.81. The van der Waals surface area contributed by atoms with Crippen molar-refractivity contribution in [3.8, 4) is 0 Å². The summed E-state index contributed by atoms with van der Waals surface area (Å²) in [5.74, 6) is -1.45. The third-order valence-corrected chi connectivity index (χ3v) is 5.41. The van der Waals surface area contributed by atoms with Crippen molar-refractivity contribution in [2.75, 3.05) is 6.54 Å². The lowest BCUT2D eigenvalue weighted by molar-refractivity contribution is -0.153. The average Bonchev–Trinajstić information content (AvgIpc) is 3.01. The van der Waals surface area contributed by atoms with Gasteiger partial charge in [0.25, 0.3) is 0 Å².